The highest BCUT2D eigenvalue weighted by atomic mass is 35.5. The Kier molecular flexibility index (Phi) is 4.67. The summed E-state index contributed by atoms with van der Waals surface area (Å²) in [6, 6.07) is 0.439. The molecule has 2 fully saturated rings. The minimum Gasteiger partial charge on any atom is -0.338 e. The first-order chi connectivity index (χ1) is 6.77. The molecule has 2 aliphatic rings. The molecule has 1 aliphatic heterocycles. The summed E-state index contributed by atoms with van der Waals surface area (Å²) in [5, 5.41) is 6.28. The fraction of sp³-hybridized carbons (Fsp3) is 0.900. The highest BCUT2D eigenvalue weighted by Gasteiger charge is 2.26. The van der Waals surface area contributed by atoms with Crippen LogP contribution in [0.3, 0.4) is 0 Å². The fourth-order valence-corrected chi connectivity index (χ4v) is 1.80. The van der Waals surface area contributed by atoms with Gasteiger partial charge in [0, 0.05) is 32.2 Å². The number of hydrogen-bond acceptors (Lipinski definition) is 2. The quantitative estimate of drug-likeness (QED) is 0.742. The average molecular weight is 234 g/mol. The summed E-state index contributed by atoms with van der Waals surface area (Å²) in [5.41, 5.74) is 0. The number of hydrogen-bond donors (Lipinski definition) is 2. The second kappa shape index (κ2) is 5.56. The molecule has 0 spiro atoms. The summed E-state index contributed by atoms with van der Waals surface area (Å²) < 4.78 is 0. The summed E-state index contributed by atoms with van der Waals surface area (Å²) in [6.45, 7) is 5.62. The lowest BCUT2D eigenvalue weighted by molar-refractivity contribution is 0.164. The van der Waals surface area contributed by atoms with Crippen LogP contribution in [-0.4, -0.2) is 43.2 Å². The van der Waals surface area contributed by atoms with Crippen LogP contribution in [0.1, 0.15) is 19.8 Å². The van der Waals surface area contributed by atoms with Crippen LogP contribution in [0.2, 0.25) is 0 Å². The molecular formula is C10H20ClN3O. The zero-order chi connectivity index (χ0) is 9.97. The molecule has 2 amide bonds. The number of carbonyl (C=O) groups excluding carboxylic acids is 1. The average Bonchev–Trinajstić information content (AvgIpc) is 2.98. The standard InChI is InChI=1S/C10H19N3O.ClH/c1-8-6-11-4-5-13(8)10(14)12-7-9-2-3-9;/h8-9,11H,2-7H2,1H3,(H,12,14);1H/t8-;/m1./s1. The van der Waals surface area contributed by atoms with Gasteiger partial charge in [-0.3, -0.25) is 0 Å². The molecule has 1 aliphatic carbocycles. The van der Waals surface area contributed by atoms with Gasteiger partial charge in [0.15, 0.2) is 0 Å². The Morgan fingerprint density at radius 2 is 2.27 bits per heavy atom. The molecule has 0 aromatic heterocycles. The van der Waals surface area contributed by atoms with Crippen LogP contribution in [0.25, 0.3) is 0 Å². The summed E-state index contributed by atoms with van der Waals surface area (Å²) in [4.78, 5) is 13.7. The molecular weight excluding hydrogens is 214 g/mol. The predicted octanol–water partition coefficient (Wildman–Crippen LogP) is 0.821. The van der Waals surface area contributed by atoms with E-state index in [1.165, 1.54) is 12.8 Å². The maximum atomic E-state index is 11.7. The van der Waals surface area contributed by atoms with Gasteiger partial charge in [0.25, 0.3) is 0 Å². The number of halogens is 1. The Morgan fingerprint density at radius 1 is 1.53 bits per heavy atom. The summed E-state index contributed by atoms with van der Waals surface area (Å²) >= 11 is 0. The molecule has 4 nitrogen and oxygen atoms in total. The van der Waals surface area contributed by atoms with Crippen LogP contribution in [0, 0.1) is 5.92 Å². The SMILES string of the molecule is C[C@@H]1CNCCN1C(=O)NCC1CC1.Cl. The van der Waals surface area contributed by atoms with Gasteiger partial charge in [0.1, 0.15) is 0 Å². The molecule has 2 N–H and O–H groups in total. The number of rotatable bonds is 2. The van der Waals surface area contributed by atoms with E-state index in [9.17, 15) is 4.79 Å². The molecule has 1 saturated carbocycles. The second-order valence-electron chi connectivity index (χ2n) is 4.38. The summed E-state index contributed by atoms with van der Waals surface area (Å²) in [6.07, 6.45) is 2.58. The Labute approximate surface area is 97.2 Å². The molecule has 0 aromatic rings. The van der Waals surface area contributed by atoms with E-state index < -0.39 is 0 Å². The van der Waals surface area contributed by atoms with Gasteiger partial charge in [0.05, 0.1) is 0 Å². The maximum absolute atomic E-state index is 11.7. The number of carbonyl (C=O) groups is 1. The zero-order valence-electron chi connectivity index (χ0n) is 9.16. The number of piperazine rings is 1. The van der Waals surface area contributed by atoms with E-state index in [4.69, 9.17) is 0 Å². The van der Waals surface area contributed by atoms with Gasteiger partial charge in [-0.2, -0.15) is 0 Å². The van der Waals surface area contributed by atoms with Gasteiger partial charge in [-0.25, -0.2) is 4.79 Å². The smallest absolute Gasteiger partial charge is 0.317 e. The van der Waals surface area contributed by atoms with Crippen molar-refractivity contribution in [3.63, 3.8) is 0 Å². The van der Waals surface area contributed by atoms with Crippen molar-refractivity contribution in [2.45, 2.75) is 25.8 Å². The molecule has 1 heterocycles. The Morgan fingerprint density at radius 3 is 2.87 bits per heavy atom. The Bertz CT molecular complexity index is 221. The summed E-state index contributed by atoms with van der Waals surface area (Å²) in [5.74, 6) is 0.761. The topological polar surface area (TPSA) is 44.4 Å². The molecule has 0 aromatic carbocycles. The van der Waals surface area contributed by atoms with Crippen molar-refractivity contribution >= 4 is 18.4 Å². The van der Waals surface area contributed by atoms with E-state index in [2.05, 4.69) is 17.6 Å². The largest absolute Gasteiger partial charge is 0.338 e. The normalized spacial score (nSPS) is 25.7. The van der Waals surface area contributed by atoms with E-state index >= 15 is 0 Å². The van der Waals surface area contributed by atoms with Gasteiger partial charge in [-0.1, -0.05) is 0 Å². The van der Waals surface area contributed by atoms with Crippen LogP contribution in [0.5, 0.6) is 0 Å². The van der Waals surface area contributed by atoms with Gasteiger partial charge < -0.3 is 15.5 Å². The second-order valence-corrected chi connectivity index (χ2v) is 4.38. The highest BCUT2D eigenvalue weighted by Crippen LogP contribution is 2.27. The Hall–Kier alpha value is -0.480. The van der Waals surface area contributed by atoms with Crippen molar-refractivity contribution in [1.82, 2.24) is 15.5 Å². The fourth-order valence-electron chi connectivity index (χ4n) is 1.80. The van der Waals surface area contributed by atoms with E-state index in [1.54, 1.807) is 0 Å². The first-order valence-corrected chi connectivity index (χ1v) is 5.52. The van der Waals surface area contributed by atoms with Crippen LogP contribution in [-0.2, 0) is 0 Å². The van der Waals surface area contributed by atoms with Crippen LogP contribution in [0.4, 0.5) is 4.79 Å². The third-order valence-corrected chi connectivity index (χ3v) is 3.00. The van der Waals surface area contributed by atoms with Crippen molar-refractivity contribution in [1.29, 1.82) is 0 Å². The monoisotopic (exact) mass is 233 g/mol. The van der Waals surface area contributed by atoms with Crippen molar-refractivity contribution in [3.8, 4) is 0 Å². The van der Waals surface area contributed by atoms with Crippen molar-refractivity contribution in [2.24, 2.45) is 5.92 Å². The van der Waals surface area contributed by atoms with Gasteiger partial charge >= 0.3 is 6.03 Å². The van der Waals surface area contributed by atoms with Crippen LogP contribution in [0.15, 0.2) is 0 Å². The highest BCUT2D eigenvalue weighted by molar-refractivity contribution is 5.85. The lowest BCUT2D eigenvalue weighted by Gasteiger charge is -2.33. The lowest BCUT2D eigenvalue weighted by atomic mass is 10.2. The number of nitrogens with one attached hydrogen (secondary N) is 2. The molecule has 0 bridgehead atoms. The van der Waals surface area contributed by atoms with E-state index in [-0.39, 0.29) is 18.4 Å². The van der Waals surface area contributed by atoms with Gasteiger partial charge in [-0.05, 0) is 25.7 Å². The molecule has 5 heteroatoms. The molecule has 0 unspecified atom stereocenters. The third-order valence-electron chi connectivity index (χ3n) is 3.00. The first-order valence-electron chi connectivity index (χ1n) is 5.52. The number of nitrogens with zero attached hydrogens (tertiary/aromatic N) is 1. The van der Waals surface area contributed by atoms with E-state index in [0.29, 0.717) is 6.04 Å². The Balaban J connectivity index is 0.00000112. The minimum absolute atomic E-state index is 0. The number of amides is 2. The minimum atomic E-state index is 0. The third kappa shape index (κ3) is 3.54. The molecule has 15 heavy (non-hydrogen) atoms. The van der Waals surface area contributed by atoms with Crippen molar-refractivity contribution < 1.29 is 4.79 Å². The molecule has 88 valence electrons. The number of urea groups is 1. The van der Waals surface area contributed by atoms with Crippen molar-refractivity contribution in [2.75, 3.05) is 26.2 Å². The van der Waals surface area contributed by atoms with E-state index in [0.717, 1.165) is 32.1 Å². The van der Waals surface area contributed by atoms with Crippen LogP contribution >= 0.6 is 12.4 Å². The van der Waals surface area contributed by atoms with Crippen molar-refractivity contribution in [3.05, 3.63) is 0 Å². The zero-order valence-corrected chi connectivity index (χ0v) is 9.98. The van der Waals surface area contributed by atoms with Gasteiger partial charge in [-0.15, -0.1) is 12.4 Å². The summed E-state index contributed by atoms with van der Waals surface area (Å²) in [7, 11) is 0. The van der Waals surface area contributed by atoms with Crippen LogP contribution < -0.4 is 10.6 Å². The molecule has 0 radical (unpaired) electrons. The molecule has 2 rings (SSSR count). The lowest BCUT2D eigenvalue weighted by Crippen LogP contribution is -2.55. The molecule has 1 saturated heterocycles. The first kappa shape index (κ1) is 12.6. The van der Waals surface area contributed by atoms with Gasteiger partial charge in [0.2, 0.25) is 0 Å². The maximum Gasteiger partial charge on any atom is 0.317 e. The van der Waals surface area contributed by atoms with E-state index in [1.807, 2.05) is 4.90 Å². The molecule has 1 atom stereocenters. The predicted molar refractivity (Wildman–Crippen MR) is 62.4 cm³/mol.